The molecule has 0 spiro atoms. The summed E-state index contributed by atoms with van der Waals surface area (Å²) in [7, 11) is 1.67. The van der Waals surface area contributed by atoms with E-state index >= 15 is 0 Å². The van der Waals surface area contributed by atoms with Crippen LogP contribution < -0.4 is 10.1 Å². The minimum Gasteiger partial charge on any atom is -0.494 e. The highest BCUT2D eigenvalue weighted by Crippen LogP contribution is 2.38. The van der Waals surface area contributed by atoms with Crippen molar-refractivity contribution in [3.8, 4) is 22.0 Å². The zero-order valence-corrected chi connectivity index (χ0v) is 15.0. The molecule has 1 N–H and O–H groups in total. The molecule has 0 amide bonds. The zero-order valence-electron chi connectivity index (χ0n) is 13.4. The highest BCUT2D eigenvalue weighted by molar-refractivity contribution is 7.13. The predicted octanol–water partition coefficient (Wildman–Crippen LogP) is 5.01. The van der Waals surface area contributed by atoms with Crippen molar-refractivity contribution < 1.29 is 4.74 Å². The van der Waals surface area contributed by atoms with E-state index in [4.69, 9.17) is 21.4 Å². The maximum absolute atomic E-state index is 6.23. The normalized spacial score (nSPS) is 13.9. The van der Waals surface area contributed by atoms with Crippen molar-refractivity contribution in [3.05, 3.63) is 46.3 Å². The number of thiophene rings is 1. The third-order valence-corrected chi connectivity index (χ3v) is 5.36. The molecule has 3 aromatic rings. The maximum Gasteiger partial charge on any atom is 0.144 e. The van der Waals surface area contributed by atoms with E-state index in [0.29, 0.717) is 5.02 Å². The van der Waals surface area contributed by atoms with Crippen LogP contribution in [0.5, 0.6) is 5.75 Å². The van der Waals surface area contributed by atoms with Crippen LogP contribution in [0.25, 0.3) is 16.3 Å². The molecule has 6 heteroatoms. The molecule has 2 aromatic heterocycles. The molecule has 124 valence electrons. The Morgan fingerprint density at radius 2 is 2.21 bits per heavy atom. The first-order valence-corrected chi connectivity index (χ1v) is 9.27. The second kappa shape index (κ2) is 6.49. The summed E-state index contributed by atoms with van der Waals surface area (Å²) in [6.07, 6.45) is 3.35. The van der Waals surface area contributed by atoms with Gasteiger partial charge in [0.2, 0.25) is 0 Å². The van der Waals surface area contributed by atoms with Crippen molar-refractivity contribution >= 4 is 28.8 Å². The van der Waals surface area contributed by atoms with Crippen molar-refractivity contribution in [2.75, 3.05) is 19.0 Å². The molecule has 1 aliphatic heterocycles. The molecule has 0 aliphatic carbocycles. The minimum atomic E-state index is 0.668. The number of fused-ring (bicyclic) bond motifs is 1. The first-order valence-electron chi connectivity index (χ1n) is 8.01. The molecule has 0 fully saturated rings. The minimum absolute atomic E-state index is 0.668. The number of rotatable bonds is 3. The number of benzene rings is 1. The van der Waals surface area contributed by atoms with E-state index in [1.165, 1.54) is 10.4 Å². The first-order chi connectivity index (χ1) is 11.8. The van der Waals surface area contributed by atoms with Crippen LogP contribution in [0.3, 0.4) is 0 Å². The van der Waals surface area contributed by atoms with Gasteiger partial charge in [0.25, 0.3) is 0 Å². The fourth-order valence-electron chi connectivity index (χ4n) is 3.12. The number of hydrogen-bond donors (Lipinski definition) is 1. The first kappa shape index (κ1) is 15.5. The van der Waals surface area contributed by atoms with E-state index in [1.54, 1.807) is 18.4 Å². The molecule has 4 rings (SSSR count). The summed E-state index contributed by atoms with van der Waals surface area (Å²) in [5.74, 6) is 1.81. The average molecular weight is 360 g/mol. The summed E-state index contributed by atoms with van der Waals surface area (Å²) in [4.78, 5) is 1.19. The van der Waals surface area contributed by atoms with Crippen molar-refractivity contribution in [1.82, 2.24) is 9.78 Å². The number of nitrogens with one attached hydrogen (secondary N) is 1. The Kier molecular flexibility index (Phi) is 4.21. The van der Waals surface area contributed by atoms with Gasteiger partial charge in [0, 0.05) is 17.1 Å². The van der Waals surface area contributed by atoms with Gasteiger partial charge in [-0.25, -0.2) is 4.68 Å². The van der Waals surface area contributed by atoms with E-state index in [9.17, 15) is 0 Å². The molecule has 1 aliphatic rings. The van der Waals surface area contributed by atoms with Gasteiger partial charge < -0.3 is 10.1 Å². The Balaban J connectivity index is 1.95. The number of aromatic nitrogens is 2. The Labute approximate surface area is 150 Å². The van der Waals surface area contributed by atoms with Gasteiger partial charge in [-0.05, 0) is 48.9 Å². The zero-order chi connectivity index (χ0) is 16.5. The quantitative estimate of drug-likeness (QED) is 0.714. The SMILES string of the molecule is COc1ccc(Cl)cc1-n1nc(-c2cccs2)c2c1NCCCC2. The largest absolute Gasteiger partial charge is 0.494 e. The lowest BCUT2D eigenvalue weighted by molar-refractivity contribution is 0.412. The number of anilines is 1. The fourth-order valence-corrected chi connectivity index (χ4v) is 4.02. The van der Waals surface area contributed by atoms with Gasteiger partial charge in [-0.3, -0.25) is 0 Å². The van der Waals surface area contributed by atoms with Crippen molar-refractivity contribution in [1.29, 1.82) is 0 Å². The van der Waals surface area contributed by atoms with Crippen LogP contribution in [-0.4, -0.2) is 23.4 Å². The molecule has 0 saturated heterocycles. The van der Waals surface area contributed by atoms with Crippen LogP contribution in [0.4, 0.5) is 5.82 Å². The molecule has 24 heavy (non-hydrogen) atoms. The molecule has 0 radical (unpaired) electrons. The topological polar surface area (TPSA) is 39.1 Å². The summed E-state index contributed by atoms with van der Waals surface area (Å²) in [5, 5.41) is 11.2. The van der Waals surface area contributed by atoms with Crippen molar-refractivity contribution in [3.63, 3.8) is 0 Å². The number of methoxy groups -OCH3 is 1. The molecule has 3 heterocycles. The van der Waals surface area contributed by atoms with E-state index in [2.05, 4.69) is 22.8 Å². The fraction of sp³-hybridized carbons (Fsp3) is 0.278. The maximum atomic E-state index is 6.23. The van der Waals surface area contributed by atoms with Crippen LogP contribution >= 0.6 is 22.9 Å². The van der Waals surface area contributed by atoms with E-state index in [1.807, 2.05) is 22.9 Å². The average Bonchev–Trinajstić information content (AvgIpc) is 3.17. The number of halogens is 1. The number of nitrogens with zero attached hydrogens (tertiary/aromatic N) is 2. The molecule has 0 saturated carbocycles. The summed E-state index contributed by atoms with van der Waals surface area (Å²) in [5.41, 5.74) is 3.19. The summed E-state index contributed by atoms with van der Waals surface area (Å²) < 4.78 is 7.48. The molecular weight excluding hydrogens is 342 g/mol. The summed E-state index contributed by atoms with van der Waals surface area (Å²) in [6.45, 7) is 0.950. The van der Waals surface area contributed by atoms with Gasteiger partial charge in [-0.15, -0.1) is 11.3 Å². The van der Waals surface area contributed by atoms with Gasteiger partial charge >= 0.3 is 0 Å². The molecule has 0 unspecified atom stereocenters. The molecular formula is C18H18ClN3OS. The smallest absolute Gasteiger partial charge is 0.144 e. The monoisotopic (exact) mass is 359 g/mol. The van der Waals surface area contributed by atoms with Gasteiger partial charge in [0.1, 0.15) is 22.9 Å². The van der Waals surface area contributed by atoms with Gasteiger partial charge in [0.05, 0.1) is 12.0 Å². The Bertz CT molecular complexity index is 858. The third-order valence-electron chi connectivity index (χ3n) is 4.25. The highest BCUT2D eigenvalue weighted by atomic mass is 35.5. The van der Waals surface area contributed by atoms with E-state index < -0.39 is 0 Å². The van der Waals surface area contributed by atoms with Gasteiger partial charge in [-0.1, -0.05) is 17.7 Å². The number of ether oxygens (including phenoxy) is 1. The predicted molar refractivity (Wildman–Crippen MR) is 99.9 cm³/mol. The standard InChI is InChI=1S/C18H18ClN3OS/c1-23-15-8-7-12(19)11-14(15)22-18-13(5-2-3-9-20-18)17(21-22)16-6-4-10-24-16/h4,6-8,10-11,20H,2-3,5,9H2,1H3. The van der Waals surface area contributed by atoms with Crippen molar-refractivity contribution in [2.24, 2.45) is 0 Å². The second-order valence-corrected chi connectivity index (χ2v) is 7.15. The molecule has 0 atom stereocenters. The van der Waals surface area contributed by atoms with E-state index in [0.717, 1.165) is 48.8 Å². The Hall–Kier alpha value is -1.98. The molecule has 1 aromatic carbocycles. The van der Waals surface area contributed by atoms with E-state index in [-0.39, 0.29) is 0 Å². The van der Waals surface area contributed by atoms with Crippen LogP contribution in [0.15, 0.2) is 35.7 Å². The third kappa shape index (κ3) is 2.68. The lowest BCUT2D eigenvalue weighted by Crippen LogP contribution is -2.08. The Morgan fingerprint density at radius 1 is 1.29 bits per heavy atom. The van der Waals surface area contributed by atoms with Crippen LogP contribution in [-0.2, 0) is 6.42 Å². The highest BCUT2D eigenvalue weighted by Gasteiger charge is 2.23. The summed E-state index contributed by atoms with van der Waals surface area (Å²) in [6, 6.07) is 9.80. The molecule has 0 bridgehead atoms. The number of hydrogen-bond acceptors (Lipinski definition) is 4. The lowest BCUT2D eigenvalue weighted by atomic mass is 10.1. The second-order valence-electron chi connectivity index (χ2n) is 5.76. The van der Waals surface area contributed by atoms with Gasteiger partial charge in [-0.2, -0.15) is 5.10 Å². The van der Waals surface area contributed by atoms with Crippen LogP contribution in [0.1, 0.15) is 18.4 Å². The van der Waals surface area contributed by atoms with Crippen LogP contribution in [0, 0.1) is 0 Å². The van der Waals surface area contributed by atoms with Crippen LogP contribution in [0.2, 0.25) is 5.02 Å². The summed E-state index contributed by atoms with van der Waals surface area (Å²) >= 11 is 7.95. The lowest BCUT2D eigenvalue weighted by Gasteiger charge is -2.13. The van der Waals surface area contributed by atoms with Gasteiger partial charge in [0.15, 0.2) is 0 Å². The van der Waals surface area contributed by atoms with Crippen molar-refractivity contribution in [2.45, 2.75) is 19.3 Å². The molecule has 4 nitrogen and oxygen atoms in total. The Morgan fingerprint density at radius 3 is 3.00 bits per heavy atom.